The summed E-state index contributed by atoms with van der Waals surface area (Å²) < 4.78 is 79.9. The van der Waals surface area contributed by atoms with Crippen molar-refractivity contribution in [2.45, 2.75) is 37.8 Å². The minimum Gasteiger partial charge on any atom is -0.294 e. The zero-order valence-electron chi connectivity index (χ0n) is 20.4. The Morgan fingerprint density at radius 2 is 1.14 bits per heavy atom. The molecular weight excluding hydrogens is 490 g/mol. The molecule has 37 heavy (non-hydrogen) atoms. The Hall–Kier alpha value is -2.84. The molecule has 1 aliphatic rings. The molecule has 0 aliphatic carbocycles. The highest BCUT2D eigenvalue weighted by molar-refractivity contribution is 5.35. The van der Waals surface area contributed by atoms with E-state index < -0.39 is 23.5 Å². The molecule has 1 radical (unpaired) electrons. The van der Waals surface area contributed by atoms with Crippen molar-refractivity contribution in [1.82, 2.24) is 9.80 Å². The predicted octanol–water partition coefficient (Wildman–Crippen LogP) is 7.59. The Labute approximate surface area is 213 Å². The second kappa shape index (κ2) is 11.3. The number of alkyl halides is 6. The maximum absolute atomic E-state index is 13.3. The molecule has 197 valence electrons. The quantitative estimate of drug-likeness (QED) is 0.297. The molecule has 0 bridgehead atoms. The Morgan fingerprint density at radius 3 is 1.62 bits per heavy atom. The van der Waals surface area contributed by atoms with Crippen LogP contribution in [-0.4, -0.2) is 36.0 Å². The van der Waals surface area contributed by atoms with Gasteiger partial charge in [-0.25, -0.2) is 0 Å². The van der Waals surface area contributed by atoms with Crippen LogP contribution in [0.3, 0.4) is 0 Å². The van der Waals surface area contributed by atoms with Gasteiger partial charge in [-0.1, -0.05) is 60.7 Å². The SMILES string of the molecule is CC(c1ccccc1)N1CCN(C([CH]Cc2cc(C(F)(F)F)cc(C(F)(F)F)c2)c2ccccc2)CC1. The lowest BCUT2D eigenvalue weighted by Crippen LogP contribution is -2.48. The number of hydrogen-bond acceptors (Lipinski definition) is 2. The van der Waals surface area contributed by atoms with Crippen molar-refractivity contribution in [3.63, 3.8) is 0 Å². The second-order valence-electron chi connectivity index (χ2n) is 9.37. The lowest BCUT2D eigenvalue weighted by atomic mass is 9.94. The van der Waals surface area contributed by atoms with Crippen LogP contribution in [-0.2, 0) is 18.8 Å². The van der Waals surface area contributed by atoms with E-state index in [1.165, 1.54) is 5.56 Å². The van der Waals surface area contributed by atoms with Crippen molar-refractivity contribution in [2.75, 3.05) is 26.2 Å². The molecule has 1 heterocycles. The first-order chi connectivity index (χ1) is 17.5. The predicted molar refractivity (Wildman–Crippen MR) is 132 cm³/mol. The van der Waals surface area contributed by atoms with E-state index >= 15 is 0 Å². The van der Waals surface area contributed by atoms with E-state index in [0.29, 0.717) is 0 Å². The molecule has 0 amide bonds. The molecule has 1 saturated heterocycles. The molecule has 0 N–H and O–H groups in total. The lowest BCUT2D eigenvalue weighted by Gasteiger charge is -2.42. The van der Waals surface area contributed by atoms with Crippen LogP contribution in [0.4, 0.5) is 26.3 Å². The van der Waals surface area contributed by atoms with Gasteiger partial charge in [-0.05, 0) is 54.7 Å². The van der Waals surface area contributed by atoms with Crippen molar-refractivity contribution in [1.29, 1.82) is 0 Å². The molecule has 2 nitrogen and oxygen atoms in total. The summed E-state index contributed by atoms with van der Waals surface area (Å²) in [5.41, 5.74) is -0.405. The second-order valence-corrected chi connectivity index (χ2v) is 9.37. The summed E-state index contributed by atoms with van der Waals surface area (Å²) in [7, 11) is 0. The minimum atomic E-state index is -4.86. The summed E-state index contributed by atoms with van der Waals surface area (Å²) >= 11 is 0. The first-order valence-electron chi connectivity index (χ1n) is 12.2. The smallest absolute Gasteiger partial charge is 0.294 e. The number of benzene rings is 3. The summed E-state index contributed by atoms with van der Waals surface area (Å²) in [6.45, 7) is 5.22. The Balaban J connectivity index is 1.51. The van der Waals surface area contributed by atoms with Gasteiger partial charge in [-0.3, -0.25) is 9.80 Å². The standard InChI is InChI=1S/C29H29F6N2/c1-21(23-8-4-2-5-9-23)36-14-16-37(17-15-36)27(24-10-6-3-7-11-24)13-12-22-18-25(28(30,31)32)20-26(19-22)29(33,34)35/h2-11,13,18-21,27H,12,14-17H2,1H3. The van der Waals surface area contributed by atoms with Gasteiger partial charge < -0.3 is 0 Å². The fourth-order valence-electron chi connectivity index (χ4n) is 4.88. The van der Waals surface area contributed by atoms with Crippen molar-refractivity contribution in [3.8, 4) is 0 Å². The van der Waals surface area contributed by atoms with Crippen LogP contribution in [0.15, 0.2) is 78.9 Å². The van der Waals surface area contributed by atoms with Gasteiger partial charge in [0.15, 0.2) is 0 Å². The van der Waals surface area contributed by atoms with E-state index in [4.69, 9.17) is 0 Å². The Morgan fingerprint density at radius 1 is 0.676 bits per heavy atom. The van der Waals surface area contributed by atoms with Crippen molar-refractivity contribution in [2.24, 2.45) is 0 Å². The molecule has 1 fully saturated rings. The Kier molecular flexibility index (Phi) is 8.29. The summed E-state index contributed by atoms with van der Waals surface area (Å²) in [6.07, 6.45) is -7.92. The number of nitrogens with zero attached hydrogens (tertiary/aromatic N) is 2. The van der Waals surface area contributed by atoms with Gasteiger partial charge in [0.25, 0.3) is 0 Å². The molecular formula is C29H29F6N2. The molecule has 0 spiro atoms. The van der Waals surface area contributed by atoms with Gasteiger partial charge >= 0.3 is 12.4 Å². The molecule has 2 atom stereocenters. The minimum absolute atomic E-state index is 0.0144. The molecule has 8 heteroatoms. The van der Waals surface area contributed by atoms with Gasteiger partial charge in [-0.15, -0.1) is 0 Å². The monoisotopic (exact) mass is 519 g/mol. The topological polar surface area (TPSA) is 6.48 Å². The average molecular weight is 520 g/mol. The fraction of sp³-hybridized carbons (Fsp3) is 0.345. The molecule has 3 aromatic rings. The van der Waals surface area contributed by atoms with Crippen LogP contribution in [0.2, 0.25) is 0 Å². The van der Waals surface area contributed by atoms with Crippen LogP contribution < -0.4 is 0 Å². The van der Waals surface area contributed by atoms with E-state index in [9.17, 15) is 26.3 Å². The lowest BCUT2D eigenvalue weighted by molar-refractivity contribution is -0.143. The third-order valence-electron chi connectivity index (χ3n) is 6.94. The molecule has 2 unspecified atom stereocenters. The van der Waals surface area contributed by atoms with E-state index in [0.717, 1.165) is 43.9 Å². The van der Waals surface area contributed by atoms with Gasteiger partial charge in [0.1, 0.15) is 0 Å². The largest absolute Gasteiger partial charge is 0.416 e. The van der Waals surface area contributed by atoms with E-state index in [-0.39, 0.29) is 30.1 Å². The van der Waals surface area contributed by atoms with Crippen molar-refractivity contribution in [3.05, 3.63) is 113 Å². The summed E-state index contributed by atoms with van der Waals surface area (Å²) in [5, 5.41) is 0. The van der Waals surface area contributed by atoms with Gasteiger partial charge in [0.05, 0.1) is 11.1 Å². The van der Waals surface area contributed by atoms with Crippen LogP contribution in [0, 0.1) is 6.42 Å². The molecule has 4 rings (SSSR count). The third kappa shape index (κ3) is 6.93. The van der Waals surface area contributed by atoms with Gasteiger partial charge in [-0.2, -0.15) is 26.3 Å². The van der Waals surface area contributed by atoms with Crippen LogP contribution in [0.1, 0.15) is 46.8 Å². The number of hydrogen-bond donors (Lipinski definition) is 0. The number of halogens is 6. The zero-order valence-corrected chi connectivity index (χ0v) is 20.4. The van der Waals surface area contributed by atoms with E-state index in [1.807, 2.05) is 55.0 Å². The first-order valence-corrected chi connectivity index (χ1v) is 12.2. The highest BCUT2D eigenvalue weighted by Gasteiger charge is 2.37. The maximum atomic E-state index is 13.3. The average Bonchev–Trinajstić information content (AvgIpc) is 2.89. The Bertz CT molecular complexity index is 1100. The van der Waals surface area contributed by atoms with Crippen LogP contribution >= 0.6 is 0 Å². The summed E-state index contributed by atoms with van der Waals surface area (Å²) in [5.74, 6) is 0. The molecule has 0 saturated carbocycles. The maximum Gasteiger partial charge on any atom is 0.416 e. The summed E-state index contributed by atoms with van der Waals surface area (Å²) in [4.78, 5) is 4.62. The van der Waals surface area contributed by atoms with Crippen molar-refractivity contribution >= 4 is 0 Å². The zero-order chi connectivity index (χ0) is 26.6. The van der Waals surface area contributed by atoms with Crippen LogP contribution in [0.25, 0.3) is 0 Å². The van der Waals surface area contributed by atoms with Crippen molar-refractivity contribution < 1.29 is 26.3 Å². The van der Waals surface area contributed by atoms with Gasteiger partial charge in [0, 0.05) is 38.3 Å². The molecule has 3 aromatic carbocycles. The van der Waals surface area contributed by atoms with E-state index in [2.05, 4.69) is 28.9 Å². The number of piperazine rings is 1. The normalized spacial score (nSPS) is 17.5. The number of rotatable bonds is 7. The van der Waals surface area contributed by atoms with E-state index in [1.54, 1.807) is 0 Å². The summed E-state index contributed by atoms with van der Waals surface area (Å²) in [6, 6.07) is 21.5. The third-order valence-corrected chi connectivity index (χ3v) is 6.94. The fourth-order valence-corrected chi connectivity index (χ4v) is 4.88. The van der Waals surface area contributed by atoms with Crippen LogP contribution in [0.5, 0.6) is 0 Å². The van der Waals surface area contributed by atoms with Gasteiger partial charge in [0.2, 0.25) is 0 Å². The highest BCUT2D eigenvalue weighted by atomic mass is 19.4. The molecule has 0 aromatic heterocycles. The highest BCUT2D eigenvalue weighted by Crippen LogP contribution is 2.37. The first kappa shape index (κ1) is 27.2. The molecule has 1 aliphatic heterocycles.